The maximum absolute atomic E-state index is 5.77. The number of hydrogen-bond donors (Lipinski definition) is 1. The van der Waals surface area contributed by atoms with Crippen LogP contribution >= 0.6 is 0 Å². The van der Waals surface area contributed by atoms with Crippen LogP contribution in [0.2, 0.25) is 0 Å². The molecule has 0 saturated carbocycles. The summed E-state index contributed by atoms with van der Waals surface area (Å²) in [6.45, 7) is 2.85. The lowest BCUT2D eigenvalue weighted by Crippen LogP contribution is -1.98. The van der Waals surface area contributed by atoms with Crippen LogP contribution < -0.4 is 5.73 Å². The molecule has 84 valence electrons. The van der Waals surface area contributed by atoms with E-state index in [1.165, 1.54) is 41.2 Å². The summed E-state index contributed by atoms with van der Waals surface area (Å²) in [6.07, 6.45) is 3.67. The summed E-state index contributed by atoms with van der Waals surface area (Å²) in [6, 6.07) is 13.0. The van der Waals surface area contributed by atoms with Crippen LogP contribution in [0.25, 0.3) is 10.8 Å². The maximum Gasteiger partial charge on any atom is 0.0184 e. The number of hydrogen-bond acceptors (Lipinski definition) is 1. The van der Waals surface area contributed by atoms with Gasteiger partial charge in [-0.05, 0) is 34.7 Å². The van der Waals surface area contributed by atoms with Crippen molar-refractivity contribution in [1.29, 1.82) is 0 Å². The molecule has 2 rings (SSSR count). The fourth-order valence-electron chi connectivity index (χ4n) is 2.19. The van der Waals surface area contributed by atoms with Gasteiger partial charge in [-0.1, -0.05) is 49.7 Å². The topological polar surface area (TPSA) is 26.0 Å². The molecular weight excluding hydrogens is 194 g/mol. The Morgan fingerprint density at radius 1 is 0.938 bits per heavy atom. The molecule has 0 aliphatic rings. The third kappa shape index (κ3) is 2.10. The van der Waals surface area contributed by atoms with Crippen molar-refractivity contribution in [2.75, 3.05) is 0 Å². The Labute approximate surface area is 97.3 Å². The highest BCUT2D eigenvalue weighted by molar-refractivity contribution is 5.88. The number of unbranched alkanes of at least 4 members (excludes halogenated alkanes) is 1. The van der Waals surface area contributed by atoms with E-state index in [2.05, 4.69) is 43.3 Å². The standard InChI is InChI=1S/C15H19N/c1-2-3-6-12-9-10-13(11-16)15-8-5-4-7-14(12)15/h4-5,7-10H,2-3,6,11,16H2,1H3. The van der Waals surface area contributed by atoms with Gasteiger partial charge >= 0.3 is 0 Å². The molecule has 1 heteroatoms. The van der Waals surface area contributed by atoms with Gasteiger partial charge in [-0.2, -0.15) is 0 Å². The Bertz CT molecular complexity index is 474. The second-order valence-electron chi connectivity index (χ2n) is 4.24. The third-order valence-electron chi connectivity index (χ3n) is 3.12. The van der Waals surface area contributed by atoms with Crippen molar-refractivity contribution in [3.8, 4) is 0 Å². The largest absolute Gasteiger partial charge is 0.326 e. The molecule has 0 saturated heterocycles. The van der Waals surface area contributed by atoms with Crippen molar-refractivity contribution in [3.63, 3.8) is 0 Å². The molecule has 2 aromatic rings. The average Bonchev–Trinajstić information content (AvgIpc) is 2.36. The Morgan fingerprint density at radius 2 is 1.56 bits per heavy atom. The summed E-state index contributed by atoms with van der Waals surface area (Å²) >= 11 is 0. The highest BCUT2D eigenvalue weighted by Crippen LogP contribution is 2.23. The lowest BCUT2D eigenvalue weighted by molar-refractivity contribution is 0.798. The van der Waals surface area contributed by atoms with Gasteiger partial charge < -0.3 is 5.73 Å². The van der Waals surface area contributed by atoms with Crippen LogP contribution in [0.5, 0.6) is 0 Å². The van der Waals surface area contributed by atoms with Crippen LogP contribution in [-0.4, -0.2) is 0 Å². The van der Waals surface area contributed by atoms with Crippen LogP contribution in [0.3, 0.4) is 0 Å². The molecule has 0 unspecified atom stereocenters. The number of benzene rings is 2. The maximum atomic E-state index is 5.77. The highest BCUT2D eigenvalue weighted by Gasteiger charge is 2.03. The van der Waals surface area contributed by atoms with E-state index in [0.29, 0.717) is 6.54 Å². The Morgan fingerprint density at radius 3 is 2.19 bits per heavy atom. The van der Waals surface area contributed by atoms with Crippen LogP contribution in [0.1, 0.15) is 30.9 Å². The minimum Gasteiger partial charge on any atom is -0.326 e. The Kier molecular flexibility index (Phi) is 3.58. The van der Waals surface area contributed by atoms with E-state index in [9.17, 15) is 0 Å². The van der Waals surface area contributed by atoms with Gasteiger partial charge in [0.05, 0.1) is 0 Å². The molecule has 0 bridgehead atoms. The minimum atomic E-state index is 0.620. The second kappa shape index (κ2) is 5.13. The molecule has 0 aliphatic heterocycles. The Hall–Kier alpha value is -1.34. The molecule has 2 N–H and O–H groups in total. The quantitative estimate of drug-likeness (QED) is 0.824. The SMILES string of the molecule is CCCCc1ccc(CN)c2ccccc12. The summed E-state index contributed by atoms with van der Waals surface area (Å²) in [7, 11) is 0. The molecule has 0 radical (unpaired) electrons. The number of aryl methyl sites for hydroxylation is 1. The number of fused-ring (bicyclic) bond motifs is 1. The number of nitrogens with two attached hydrogens (primary N) is 1. The van der Waals surface area contributed by atoms with E-state index >= 15 is 0 Å². The van der Waals surface area contributed by atoms with Crippen molar-refractivity contribution < 1.29 is 0 Å². The molecule has 0 aromatic heterocycles. The lowest BCUT2D eigenvalue weighted by Gasteiger charge is -2.09. The van der Waals surface area contributed by atoms with Gasteiger partial charge in [-0.25, -0.2) is 0 Å². The van der Waals surface area contributed by atoms with Gasteiger partial charge in [0.1, 0.15) is 0 Å². The zero-order valence-electron chi connectivity index (χ0n) is 9.87. The van der Waals surface area contributed by atoms with Crippen molar-refractivity contribution in [2.24, 2.45) is 5.73 Å². The molecule has 0 spiro atoms. The zero-order valence-corrected chi connectivity index (χ0v) is 9.87. The monoisotopic (exact) mass is 213 g/mol. The first kappa shape index (κ1) is 11.2. The summed E-state index contributed by atoms with van der Waals surface area (Å²) in [5, 5.41) is 2.69. The van der Waals surface area contributed by atoms with Gasteiger partial charge in [0.15, 0.2) is 0 Å². The van der Waals surface area contributed by atoms with Crippen LogP contribution in [0, 0.1) is 0 Å². The zero-order chi connectivity index (χ0) is 11.4. The minimum absolute atomic E-state index is 0.620. The van der Waals surface area contributed by atoms with Gasteiger partial charge in [0.2, 0.25) is 0 Å². The van der Waals surface area contributed by atoms with Crippen LogP contribution in [0.15, 0.2) is 36.4 Å². The van der Waals surface area contributed by atoms with Gasteiger partial charge in [0.25, 0.3) is 0 Å². The highest BCUT2D eigenvalue weighted by atomic mass is 14.5. The Balaban J connectivity index is 2.51. The van der Waals surface area contributed by atoms with E-state index in [-0.39, 0.29) is 0 Å². The summed E-state index contributed by atoms with van der Waals surface area (Å²) < 4.78 is 0. The molecule has 16 heavy (non-hydrogen) atoms. The van der Waals surface area contributed by atoms with E-state index in [1.807, 2.05) is 0 Å². The van der Waals surface area contributed by atoms with Gasteiger partial charge in [-0.15, -0.1) is 0 Å². The molecular formula is C15H19N. The van der Waals surface area contributed by atoms with Crippen molar-refractivity contribution in [2.45, 2.75) is 32.7 Å². The average molecular weight is 213 g/mol. The van der Waals surface area contributed by atoms with Crippen LogP contribution in [0.4, 0.5) is 0 Å². The normalized spacial score (nSPS) is 10.9. The summed E-state index contributed by atoms with van der Waals surface area (Å²) in [4.78, 5) is 0. The summed E-state index contributed by atoms with van der Waals surface area (Å²) in [5.74, 6) is 0. The summed E-state index contributed by atoms with van der Waals surface area (Å²) in [5.41, 5.74) is 8.47. The lowest BCUT2D eigenvalue weighted by atomic mass is 9.96. The van der Waals surface area contributed by atoms with Crippen LogP contribution in [-0.2, 0) is 13.0 Å². The fraction of sp³-hybridized carbons (Fsp3) is 0.333. The van der Waals surface area contributed by atoms with Crippen molar-refractivity contribution >= 4 is 10.8 Å². The molecule has 1 nitrogen and oxygen atoms in total. The van der Waals surface area contributed by atoms with E-state index in [1.54, 1.807) is 0 Å². The number of rotatable bonds is 4. The van der Waals surface area contributed by atoms with Gasteiger partial charge in [0, 0.05) is 6.54 Å². The smallest absolute Gasteiger partial charge is 0.0184 e. The molecule has 0 amide bonds. The second-order valence-corrected chi connectivity index (χ2v) is 4.24. The van der Waals surface area contributed by atoms with Gasteiger partial charge in [-0.3, -0.25) is 0 Å². The molecule has 0 aliphatic carbocycles. The third-order valence-corrected chi connectivity index (χ3v) is 3.12. The first-order valence-electron chi connectivity index (χ1n) is 6.06. The fourth-order valence-corrected chi connectivity index (χ4v) is 2.19. The first-order valence-corrected chi connectivity index (χ1v) is 6.06. The predicted molar refractivity (Wildman–Crippen MR) is 70.5 cm³/mol. The van der Waals surface area contributed by atoms with E-state index in [0.717, 1.165) is 0 Å². The van der Waals surface area contributed by atoms with Crippen molar-refractivity contribution in [1.82, 2.24) is 0 Å². The molecule has 0 atom stereocenters. The first-order chi connectivity index (χ1) is 7.86. The predicted octanol–water partition coefficient (Wildman–Crippen LogP) is 3.64. The molecule has 0 heterocycles. The van der Waals surface area contributed by atoms with E-state index in [4.69, 9.17) is 5.73 Å². The molecule has 0 fully saturated rings. The van der Waals surface area contributed by atoms with Crippen molar-refractivity contribution in [3.05, 3.63) is 47.5 Å². The van der Waals surface area contributed by atoms with E-state index < -0.39 is 0 Å². The molecule has 2 aromatic carbocycles.